The summed E-state index contributed by atoms with van der Waals surface area (Å²) in [4.78, 5) is 2.50. The lowest BCUT2D eigenvalue weighted by Gasteiger charge is -2.42. The Kier molecular flexibility index (Phi) is 5.88. The molecule has 1 heterocycles. The molecule has 0 aliphatic carbocycles. The molecule has 1 fully saturated rings. The summed E-state index contributed by atoms with van der Waals surface area (Å²) in [7, 11) is 0. The molecule has 1 unspecified atom stereocenters. The summed E-state index contributed by atoms with van der Waals surface area (Å²) < 4.78 is 5.96. The minimum atomic E-state index is -0.0722. The summed E-state index contributed by atoms with van der Waals surface area (Å²) in [5.41, 5.74) is 1.37. The molecule has 112 valence electrons. The first kappa shape index (κ1) is 15.8. The molecule has 0 aromatic heterocycles. The third kappa shape index (κ3) is 5.08. The van der Waals surface area contributed by atoms with Crippen molar-refractivity contribution in [1.82, 2.24) is 4.90 Å². The van der Waals surface area contributed by atoms with Gasteiger partial charge in [-0.25, -0.2) is 0 Å². The van der Waals surface area contributed by atoms with Gasteiger partial charge in [-0.05, 0) is 45.2 Å². The van der Waals surface area contributed by atoms with Crippen LogP contribution in [0.3, 0.4) is 0 Å². The number of unbranched alkanes of at least 4 members (excludes halogenated alkanes) is 1. The first-order valence-corrected chi connectivity index (χ1v) is 8.12. The van der Waals surface area contributed by atoms with Crippen LogP contribution in [0.25, 0.3) is 0 Å². The van der Waals surface area contributed by atoms with E-state index < -0.39 is 0 Å². The summed E-state index contributed by atoms with van der Waals surface area (Å²) in [6.45, 7) is 7.43. The van der Waals surface area contributed by atoms with E-state index in [1.165, 1.54) is 24.8 Å². The van der Waals surface area contributed by atoms with Crippen LogP contribution in [0.5, 0.6) is 0 Å². The molecule has 1 aromatic rings. The molecule has 0 bridgehead atoms. The van der Waals surface area contributed by atoms with E-state index in [1.807, 2.05) is 0 Å². The number of hydrogen-bond donors (Lipinski definition) is 0. The molecule has 20 heavy (non-hydrogen) atoms. The number of halogens is 1. The molecule has 0 saturated carbocycles. The minimum absolute atomic E-state index is 0.0722. The number of morpholine rings is 1. The van der Waals surface area contributed by atoms with E-state index >= 15 is 0 Å². The maximum Gasteiger partial charge on any atom is 0.0844 e. The predicted octanol–water partition coefficient (Wildman–Crippen LogP) is 3.73. The average molecular weight is 296 g/mol. The Hall–Kier alpha value is -0.570. The second kappa shape index (κ2) is 7.44. The first-order chi connectivity index (χ1) is 9.59. The predicted molar refractivity (Wildman–Crippen MR) is 85.5 cm³/mol. The summed E-state index contributed by atoms with van der Waals surface area (Å²) >= 11 is 5.96. The fourth-order valence-electron chi connectivity index (χ4n) is 2.98. The van der Waals surface area contributed by atoms with Crippen molar-refractivity contribution in [2.24, 2.45) is 0 Å². The SMILES string of the molecule is CC1(C)CN(CCCCc2ccccc2)CC(CCl)O1. The molecule has 0 radical (unpaired) electrons. The van der Waals surface area contributed by atoms with Gasteiger partial charge in [-0.15, -0.1) is 11.6 Å². The Labute approximate surface area is 128 Å². The summed E-state index contributed by atoms with van der Waals surface area (Å²) in [5.74, 6) is 0.587. The number of rotatable bonds is 6. The fraction of sp³-hybridized carbons (Fsp3) is 0.647. The normalized spacial score (nSPS) is 22.9. The van der Waals surface area contributed by atoms with Crippen molar-refractivity contribution in [1.29, 1.82) is 0 Å². The topological polar surface area (TPSA) is 12.5 Å². The Balaban J connectivity index is 1.71. The number of ether oxygens (including phenoxy) is 1. The van der Waals surface area contributed by atoms with Crippen LogP contribution in [-0.4, -0.2) is 42.1 Å². The van der Waals surface area contributed by atoms with Crippen molar-refractivity contribution in [3.05, 3.63) is 35.9 Å². The number of hydrogen-bond acceptors (Lipinski definition) is 2. The molecule has 2 rings (SSSR count). The van der Waals surface area contributed by atoms with Gasteiger partial charge in [0.1, 0.15) is 0 Å². The molecule has 1 saturated heterocycles. The highest BCUT2D eigenvalue weighted by atomic mass is 35.5. The van der Waals surface area contributed by atoms with E-state index in [2.05, 4.69) is 49.1 Å². The Morgan fingerprint density at radius 3 is 2.70 bits per heavy atom. The zero-order valence-corrected chi connectivity index (χ0v) is 13.4. The second-order valence-corrected chi connectivity index (χ2v) is 6.64. The number of nitrogens with zero attached hydrogens (tertiary/aromatic N) is 1. The van der Waals surface area contributed by atoms with Crippen LogP contribution >= 0.6 is 11.6 Å². The Morgan fingerprint density at radius 1 is 1.25 bits per heavy atom. The molecule has 1 aliphatic rings. The molecule has 3 heteroatoms. The zero-order valence-electron chi connectivity index (χ0n) is 12.6. The molecular formula is C17H26ClNO. The molecular weight excluding hydrogens is 270 g/mol. The van der Waals surface area contributed by atoms with E-state index in [1.54, 1.807) is 0 Å². The quantitative estimate of drug-likeness (QED) is 0.586. The smallest absolute Gasteiger partial charge is 0.0844 e. The van der Waals surface area contributed by atoms with Crippen molar-refractivity contribution in [2.45, 2.75) is 44.8 Å². The highest BCUT2D eigenvalue weighted by Gasteiger charge is 2.32. The van der Waals surface area contributed by atoms with Gasteiger partial charge < -0.3 is 4.74 Å². The lowest BCUT2D eigenvalue weighted by molar-refractivity contribution is -0.127. The van der Waals surface area contributed by atoms with Crippen LogP contribution in [-0.2, 0) is 11.2 Å². The molecule has 1 aliphatic heterocycles. The van der Waals surface area contributed by atoms with E-state index in [0.29, 0.717) is 5.88 Å². The van der Waals surface area contributed by atoms with E-state index in [4.69, 9.17) is 16.3 Å². The van der Waals surface area contributed by atoms with Crippen LogP contribution in [0.15, 0.2) is 30.3 Å². The van der Waals surface area contributed by atoms with Gasteiger partial charge in [0.2, 0.25) is 0 Å². The van der Waals surface area contributed by atoms with Gasteiger partial charge in [0.15, 0.2) is 0 Å². The highest BCUT2D eigenvalue weighted by molar-refractivity contribution is 6.18. The van der Waals surface area contributed by atoms with Gasteiger partial charge in [-0.3, -0.25) is 4.90 Å². The first-order valence-electron chi connectivity index (χ1n) is 7.59. The molecule has 0 amide bonds. The van der Waals surface area contributed by atoms with Gasteiger partial charge in [-0.2, -0.15) is 0 Å². The van der Waals surface area contributed by atoms with Gasteiger partial charge in [-0.1, -0.05) is 30.3 Å². The van der Waals surface area contributed by atoms with Crippen LogP contribution in [0, 0.1) is 0 Å². The van der Waals surface area contributed by atoms with Crippen molar-refractivity contribution < 1.29 is 4.74 Å². The summed E-state index contributed by atoms with van der Waals surface area (Å²) in [5, 5.41) is 0. The molecule has 0 N–H and O–H groups in total. The van der Waals surface area contributed by atoms with Crippen molar-refractivity contribution in [3.8, 4) is 0 Å². The van der Waals surface area contributed by atoms with E-state index in [0.717, 1.165) is 19.6 Å². The number of alkyl halides is 1. The molecule has 1 atom stereocenters. The average Bonchev–Trinajstić information content (AvgIpc) is 2.43. The highest BCUT2D eigenvalue weighted by Crippen LogP contribution is 2.22. The third-order valence-electron chi connectivity index (χ3n) is 3.76. The van der Waals surface area contributed by atoms with Crippen LogP contribution < -0.4 is 0 Å². The van der Waals surface area contributed by atoms with Crippen molar-refractivity contribution in [2.75, 3.05) is 25.5 Å². The lowest BCUT2D eigenvalue weighted by Crippen LogP contribution is -2.53. The van der Waals surface area contributed by atoms with Gasteiger partial charge >= 0.3 is 0 Å². The van der Waals surface area contributed by atoms with Crippen LogP contribution in [0.4, 0.5) is 0 Å². The Bertz CT molecular complexity index is 393. The summed E-state index contributed by atoms with van der Waals surface area (Å²) in [6.07, 6.45) is 3.83. The van der Waals surface area contributed by atoms with Crippen molar-refractivity contribution in [3.63, 3.8) is 0 Å². The maximum atomic E-state index is 5.96. The molecule has 0 spiro atoms. The fourth-order valence-corrected chi connectivity index (χ4v) is 3.14. The number of benzene rings is 1. The zero-order chi connectivity index (χ0) is 14.4. The summed E-state index contributed by atoms with van der Waals surface area (Å²) in [6, 6.07) is 10.7. The van der Waals surface area contributed by atoms with Crippen molar-refractivity contribution >= 4 is 11.6 Å². The monoisotopic (exact) mass is 295 g/mol. The van der Waals surface area contributed by atoms with E-state index in [-0.39, 0.29) is 11.7 Å². The number of aryl methyl sites for hydroxylation is 1. The third-order valence-corrected chi connectivity index (χ3v) is 4.10. The van der Waals surface area contributed by atoms with Gasteiger partial charge in [0.25, 0.3) is 0 Å². The molecule has 2 nitrogen and oxygen atoms in total. The van der Waals surface area contributed by atoms with Gasteiger partial charge in [0.05, 0.1) is 11.7 Å². The second-order valence-electron chi connectivity index (χ2n) is 6.33. The minimum Gasteiger partial charge on any atom is -0.368 e. The maximum absolute atomic E-state index is 5.96. The van der Waals surface area contributed by atoms with Crippen LogP contribution in [0.1, 0.15) is 32.3 Å². The lowest BCUT2D eigenvalue weighted by atomic mass is 10.0. The van der Waals surface area contributed by atoms with E-state index in [9.17, 15) is 0 Å². The van der Waals surface area contributed by atoms with Gasteiger partial charge in [0, 0.05) is 19.0 Å². The Morgan fingerprint density at radius 2 is 2.00 bits per heavy atom. The largest absolute Gasteiger partial charge is 0.368 e. The molecule has 1 aromatic carbocycles. The standard InChI is InChI=1S/C17H26ClNO/c1-17(2)14-19(13-16(12-18)20-17)11-7-6-10-15-8-4-3-5-9-15/h3-5,8-9,16H,6-7,10-14H2,1-2H3. The van der Waals surface area contributed by atoms with Crippen LogP contribution in [0.2, 0.25) is 0 Å².